The molecule has 0 saturated carbocycles. The van der Waals surface area contributed by atoms with E-state index in [2.05, 4.69) is 38.1 Å². The van der Waals surface area contributed by atoms with E-state index in [-0.39, 0.29) is 0 Å². The molecule has 1 aliphatic heterocycles. The molecule has 0 spiro atoms. The van der Waals surface area contributed by atoms with Crippen LogP contribution >= 0.6 is 0 Å². The SMILES string of the molecule is CC[N+]1(Cc2ccc(C)cc2)CCN(C=O)CC1. The maximum Gasteiger partial charge on any atom is 0.210 e. The Hall–Kier alpha value is -1.35. The van der Waals surface area contributed by atoms with Gasteiger partial charge in [0.05, 0.1) is 32.7 Å². The Bertz CT molecular complexity index is 391. The monoisotopic (exact) mass is 247 g/mol. The van der Waals surface area contributed by atoms with Crippen molar-refractivity contribution in [1.82, 2.24) is 4.90 Å². The van der Waals surface area contributed by atoms with Crippen molar-refractivity contribution >= 4 is 6.41 Å². The summed E-state index contributed by atoms with van der Waals surface area (Å²) in [5.74, 6) is 0. The van der Waals surface area contributed by atoms with Crippen LogP contribution in [-0.2, 0) is 11.3 Å². The average molecular weight is 247 g/mol. The number of hydrogen-bond acceptors (Lipinski definition) is 1. The molecule has 1 fully saturated rings. The molecule has 0 bridgehead atoms. The third-order valence-corrected chi connectivity index (χ3v) is 4.18. The van der Waals surface area contributed by atoms with Gasteiger partial charge in [0, 0.05) is 5.56 Å². The van der Waals surface area contributed by atoms with E-state index in [9.17, 15) is 4.79 Å². The number of quaternary nitrogens is 1. The summed E-state index contributed by atoms with van der Waals surface area (Å²) in [6.45, 7) is 10.5. The molecular weight excluding hydrogens is 224 g/mol. The fraction of sp³-hybridized carbons (Fsp3) is 0.533. The quantitative estimate of drug-likeness (QED) is 0.587. The summed E-state index contributed by atoms with van der Waals surface area (Å²) in [6.07, 6.45) is 0.982. The van der Waals surface area contributed by atoms with E-state index in [1.165, 1.54) is 11.1 Å². The average Bonchev–Trinajstić information content (AvgIpc) is 2.42. The molecule has 1 heterocycles. The smallest absolute Gasteiger partial charge is 0.210 e. The zero-order valence-corrected chi connectivity index (χ0v) is 11.4. The highest BCUT2D eigenvalue weighted by Crippen LogP contribution is 2.18. The highest BCUT2D eigenvalue weighted by molar-refractivity contribution is 5.46. The van der Waals surface area contributed by atoms with Crippen LogP contribution in [0.15, 0.2) is 24.3 Å². The van der Waals surface area contributed by atoms with Crippen LogP contribution in [0.4, 0.5) is 0 Å². The molecule has 0 N–H and O–H groups in total. The molecular formula is C15H23N2O+. The normalized spacial score (nSPS) is 18.7. The molecule has 1 aliphatic rings. The van der Waals surface area contributed by atoms with Crippen molar-refractivity contribution in [1.29, 1.82) is 0 Å². The van der Waals surface area contributed by atoms with Crippen molar-refractivity contribution < 1.29 is 9.28 Å². The van der Waals surface area contributed by atoms with Crippen LogP contribution in [0.5, 0.6) is 0 Å². The van der Waals surface area contributed by atoms with Gasteiger partial charge in [-0.1, -0.05) is 29.8 Å². The highest BCUT2D eigenvalue weighted by Gasteiger charge is 2.30. The zero-order valence-electron chi connectivity index (χ0n) is 11.4. The van der Waals surface area contributed by atoms with Crippen molar-refractivity contribution in [3.63, 3.8) is 0 Å². The summed E-state index contributed by atoms with van der Waals surface area (Å²) in [5, 5.41) is 0. The van der Waals surface area contributed by atoms with E-state index in [4.69, 9.17) is 0 Å². The topological polar surface area (TPSA) is 20.3 Å². The number of benzene rings is 1. The van der Waals surface area contributed by atoms with Gasteiger partial charge in [-0.05, 0) is 13.8 Å². The maximum atomic E-state index is 10.8. The molecule has 18 heavy (non-hydrogen) atoms. The highest BCUT2D eigenvalue weighted by atomic mass is 16.1. The number of carbonyl (C=O) groups is 1. The lowest BCUT2D eigenvalue weighted by atomic mass is 10.1. The van der Waals surface area contributed by atoms with Crippen LogP contribution in [-0.4, -0.2) is 48.5 Å². The van der Waals surface area contributed by atoms with E-state index >= 15 is 0 Å². The van der Waals surface area contributed by atoms with Gasteiger partial charge < -0.3 is 9.38 Å². The first kappa shape index (κ1) is 13.1. The number of piperazine rings is 1. The number of rotatable bonds is 4. The third-order valence-electron chi connectivity index (χ3n) is 4.18. The van der Waals surface area contributed by atoms with Gasteiger partial charge in [0.2, 0.25) is 6.41 Å². The van der Waals surface area contributed by atoms with E-state index < -0.39 is 0 Å². The molecule has 0 radical (unpaired) electrons. The second kappa shape index (κ2) is 5.53. The minimum atomic E-state index is 0.892. The Balaban J connectivity index is 2.05. The second-order valence-corrected chi connectivity index (χ2v) is 5.39. The molecule has 0 unspecified atom stereocenters. The van der Waals surface area contributed by atoms with Gasteiger partial charge in [-0.25, -0.2) is 0 Å². The number of likely N-dealkylation sites (N-methyl/N-ethyl adjacent to an activating group) is 1. The van der Waals surface area contributed by atoms with Crippen molar-refractivity contribution in [2.45, 2.75) is 20.4 Å². The molecule has 1 amide bonds. The van der Waals surface area contributed by atoms with Crippen LogP contribution < -0.4 is 0 Å². The Morgan fingerprint density at radius 3 is 2.33 bits per heavy atom. The van der Waals surface area contributed by atoms with E-state index in [0.717, 1.165) is 50.2 Å². The van der Waals surface area contributed by atoms with Gasteiger partial charge in [-0.2, -0.15) is 0 Å². The maximum absolute atomic E-state index is 10.8. The molecule has 1 aromatic carbocycles. The number of hydrogen-bond donors (Lipinski definition) is 0. The fourth-order valence-corrected chi connectivity index (χ4v) is 2.68. The van der Waals surface area contributed by atoms with Gasteiger partial charge in [-0.15, -0.1) is 0 Å². The van der Waals surface area contributed by atoms with Crippen LogP contribution in [0.25, 0.3) is 0 Å². The molecule has 98 valence electrons. The van der Waals surface area contributed by atoms with Gasteiger partial charge in [0.1, 0.15) is 6.54 Å². The Labute approximate surface area is 110 Å². The fourth-order valence-electron chi connectivity index (χ4n) is 2.68. The molecule has 3 heteroatoms. The molecule has 0 aliphatic carbocycles. The van der Waals surface area contributed by atoms with E-state index in [1.54, 1.807) is 0 Å². The minimum absolute atomic E-state index is 0.892. The first-order chi connectivity index (χ1) is 8.67. The Morgan fingerprint density at radius 1 is 1.22 bits per heavy atom. The van der Waals surface area contributed by atoms with Crippen molar-refractivity contribution in [3.05, 3.63) is 35.4 Å². The first-order valence-electron chi connectivity index (χ1n) is 6.77. The lowest BCUT2D eigenvalue weighted by Gasteiger charge is -2.43. The van der Waals surface area contributed by atoms with Gasteiger partial charge >= 0.3 is 0 Å². The van der Waals surface area contributed by atoms with Crippen LogP contribution in [0.3, 0.4) is 0 Å². The molecule has 1 saturated heterocycles. The number of carbonyl (C=O) groups excluding carboxylic acids is 1. The standard InChI is InChI=1S/C15H23N2O/c1-3-17(10-8-16(13-18)9-11-17)12-15-6-4-14(2)5-7-15/h4-7,13H,3,8-12H2,1-2H3/q+1. The summed E-state index contributed by atoms with van der Waals surface area (Å²) in [5.41, 5.74) is 2.72. The predicted octanol–water partition coefficient (Wildman–Crippen LogP) is 1.80. The summed E-state index contributed by atoms with van der Waals surface area (Å²) < 4.78 is 1.10. The second-order valence-electron chi connectivity index (χ2n) is 5.39. The lowest BCUT2D eigenvalue weighted by molar-refractivity contribution is -0.942. The summed E-state index contributed by atoms with van der Waals surface area (Å²) in [7, 11) is 0. The first-order valence-corrected chi connectivity index (χ1v) is 6.77. The number of nitrogens with zero attached hydrogens (tertiary/aromatic N) is 2. The number of amides is 1. The molecule has 0 aromatic heterocycles. The lowest BCUT2D eigenvalue weighted by Crippen LogP contribution is -2.58. The largest absolute Gasteiger partial charge is 0.334 e. The summed E-state index contributed by atoms with van der Waals surface area (Å²) >= 11 is 0. The van der Waals surface area contributed by atoms with E-state index in [0.29, 0.717) is 0 Å². The van der Waals surface area contributed by atoms with Crippen LogP contribution in [0, 0.1) is 6.92 Å². The molecule has 3 nitrogen and oxygen atoms in total. The molecule has 1 aromatic rings. The van der Waals surface area contributed by atoms with Crippen molar-refractivity contribution in [2.75, 3.05) is 32.7 Å². The Kier molecular flexibility index (Phi) is 4.02. The van der Waals surface area contributed by atoms with Crippen molar-refractivity contribution in [2.24, 2.45) is 0 Å². The van der Waals surface area contributed by atoms with Crippen LogP contribution in [0.2, 0.25) is 0 Å². The van der Waals surface area contributed by atoms with Crippen molar-refractivity contribution in [3.8, 4) is 0 Å². The van der Waals surface area contributed by atoms with Gasteiger partial charge in [-0.3, -0.25) is 4.79 Å². The molecule has 2 rings (SSSR count). The Morgan fingerprint density at radius 2 is 1.83 bits per heavy atom. The predicted molar refractivity (Wildman–Crippen MR) is 73.1 cm³/mol. The minimum Gasteiger partial charge on any atom is -0.334 e. The summed E-state index contributed by atoms with van der Waals surface area (Å²) in [4.78, 5) is 12.7. The van der Waals surface area contributed by atoms with Gasteiger partial charge in [0.25, 0.3) is 0 Å². The third kappa shape index (κ3) is 2.91. The van der Waals surface area contributed by atoms with Crippen LogP contribution in [0.1, 0.15) is 18.1 Å². The molecule has 0 atom stereocenters. The zero-order chi connectivity index (χ0) is 13.0. The van der Waals surface area contributed by atoms with E-state index in [1.807, 2.05) is 4.90 Å². The van der Waals surface area contributed by atoms with Gasteiger partial charge in [0.15, 0.2) is 0 Å². The summed E-state index contributed by atoms with van der Waals surface area (Å²) in [6, 6.07) is 8.83. The number of aryl methyl sites for hydroxylation is 1.